The van der Waals surface area contributed by atoms with Gasteiger partial charge in [-0.1, -0.05) is 6.07 Å². The molecule has 0 bridgehead atoms. The van der Waals surface area contributed by atoms with E-state index in [1.807, 2.05) is 18.2 Å². The number of amides is 1. The van der Waals surface area contributed by atoms with E-state index >= 15 is 0 Å². The van der Waals surface area contributed by atoms with Crippen LogP contribution in [0.25, 0.3) is 11.3 Å². The average Bonchev–Trinajstić information content (AvgIpc) is 2.88. The Balaban J connectivity index is 1.40. The van der Waals surface area contributed by atoms with Gasteiger partial charge in [0.25, 0.3) is 5.91 Å². The number of aromatic nitrogens is 2. The van der Waals surface area contributed by atoms with Gasteiger partial charge in [-0.2, -0.15) is 0 Å². The number of hydrogen-bond donors (Lipinski definition) is 2. The van der Waals surface area contributed by atoms with Crippen molar-refractivity contribution in [2.75, 3.05) is 19.5 Å². The predicted octanol–water partition coefficient (Wildman–Crippen LogP) is 4.97. The van der Waals surface area contributed by atoms with Crippen molar-refractivity contribution in [1.82, 2.24) is 15.5 Å². The standard InChI is InChI=1S/C26H23FN4O3/c1-33-22-11-8-19(24(15-22)34-2)16-28-26(32)18-4-3-5-21(14-18)29-25-13-12-23(30-31-25)17-6-9-20(27)10-7-17/h3-15H,16H2,1-2H3,(H,28,32)(H,29,31). The monoisotopic (exact) mass is 458 g/mol. The minimum Gasteiger partial charge on any atom is -0.497 e. The van der Waals surface area contributed by atoms with Crippen LogP contribution in [0.3, 0.4) is 0 Å². The highest BCUT2D eigenvalue weighted by Gasteiger charge is 2.10. The van der Waals surface area contributed by atoms with Crippen LogP contribution >= 0.6 is 0 Å². The molecule has 0 radical (unpaired) electrons. The Morgan fingerprint density at radius 3 is 2.44 bits per heavy atom. The maximum atomic E-state index is 13.1. The first-order chi connectivity index (χ1) is 16.6. The number of anilines is 2. The molecule has 0 saturated carbocycles. The highest BCUT2D eigenvalue weighted by atomic mass is 19.1. The number of methoxy groups -OCH3 is 2. The quantitative estimate of drug-likeness (QED) is 0.388. The van der Waals surface area contributed by atoms with Crippen molar-refractivity contribution in [1.29, 1.82) is 0 Å². The smallest absolute Gasteiger partial charge is 0.251 e. The summed E-state index contributed by atoms with van der Waals surface area (Å²) in [6, 6.07) is 22.1. The van der Waals surface area contributed by atoms with E-state index < -0.39 is 0 Å². The van der Waals surface area contributed by atoms with E-state index in [0.717, 1.165) is 11.1 Å². The highest BCUT2D eigenvalue weighted by molar-refractivity contribution is 5.95. The number of carbonyl (C=O) groups is 1. The Bertz CT molecular complexity index is 1280. The molecule has 4 aromatic rings. The Morgan fingerprint density at radius 1 is 0.912 bits per heavy atom. The van der Waals surface area contributed by atoms with Crippen molar-refractivity contribution in [2.45, 2.75) is 6.54 Å². The van der Waals surface area contributed by atoms with Crippen molar-refractivity contribution in [3.05, 3.63) is 95.8 Å². The zero-order valence-corrected chi connectivity index (χ0v) is 18.7. The highest BCUT2D eigenvalue weighted by Crippen LogP contribution is 2.25. The fourth-order valence-corrected chi connectivity index (χ4v) is 3.34. The van der Waals surface area contributed by atoms with Gasteiger partial charge in [0, 0.05) is 35.0 Å². The summed E-state index contributed by atoms with van der Waals surface area (Å²) in [5.74, 6) is 1.31. The van der Waals surface area contributed by atoms with Crippen LogP contribution in [0.15, 0.2) is 78.9 Å². The summed E-state index contributed by atoms with van der Waals surface area (Å²) in [7, 11) is 3.16. The topological polar surface area (TPSA) is 85.4 Å². The molecule has 172 valence electrons. The van der Waals surface area contributed by atoms with Crippen molar-refractivity contribution < 1.29 is 18.7 Å². The Kier molecular flexibility index (Phi) is 6.98. The number of ether oxygens (including phenoxy) is 2. The second kappa shape index (κ2) is 10.4. The minimum absolute atomic E-state index is 0.223. The van der Waals surface area contributed by atoms with Crippen LogP contribution in [0.5, 0.6) is 11.5 Å². The molecule has 4 rings (SSSR count). The maximum absolute atomic E-state index is 13.1. The van der Waals surface area contributed by atoms with Crippen molar-refractivity contribution in [2.24, 2.45) is 0 Å². The summed E-state index contributed by atoms with van der Waals surface area (Å²) < 4.78 is 23.7. The summed E-state index contributed by atoms with van der Waals surface area (Å²) in [6.07, 6.45) is 0. The van der Waals surface area contributed by atoms with Gasteiger partial charge in [0.05, 0.1) is 19.9 Å². The molecule has 0 spiro atoms. The molecule has 0 saturated heterocycles. The van der Waals surface area contributed by atoms with Crippen molar-refractivity contribution in [3.8, 4) is 22.8 Å². The van der Waals surface area contributed by atoms with E-state index in [2.05, 4.69) is 20.8 Å². The molecule has 1 aromatic heterocycles. The van der Waals surface area contributed by atoms with E-state index in [1.54, 1.807) is 62.8 Å². The maximum Gasteiger partial charge on any atom is 0.251 e. The van der Waals surface area contributed by atoms with Gasteiger partial charge < -0.3 is 20.1 Å². The number of nitrogens with one attached hydrogen (secondary N) is 2. The van der Waals surface area contributed by atoms with E-state index in [-0.39, 0.29) is 11.7 Å². The van der Waals surface area contributed by atoms with Crippen LogP contribution in [0.4, 0.5) is 15.9 Å². The second-order valence-corrected chi connectivity index (χ2v) is 7.38. The Morgan fingerprint density at radius 2 is 1.74 bits per heavy atom. The number of hydrogen-bond acceptors (Lipinski definition) is 6. The second-order valence-electron chi connectivity index (χ2n) is 7.38. The van der Waals surface area contributed by atoms with Gasteiger partial charge in [-0.15, -0.1) is 10.2 Å². The fraction of sp³-hybridized carbons (Fsp3) is 0.115. The number of halogens is 1. The van der Waals surface area contributed by atoms with Gasteiger partial charge in [0.1, 0.15) is 17.3 Å². The average molecular weight is 458 g/mol. The molecule has 1 heterocycles. The molecular formula is C26H23FN4O3. The lowest BCUT2D eigenvalue weighted by molar-refractivity contribution is 0.0950. The molecule has 0 aliphatic rings. The van der Waals surface area contributed by atoms with Gasteiger partial charge in [0.2, 0.25) is 0 Å². The first kappa shape index (κ1) is 22.7. The van der Waals surface area contributed by atoms with Crippen LogP contribution in [-0.2, 0) is 6.54 Å². The van der Waals surface area contributed by atoms with Gasteiger partial charge in [0.15, 0.2) is 5.82 Å². The van der Waals surface area contributed by atoms with E-state index in [1.165, 1.54) is 12.1 Å². The third-order valence-corrected chi connectivity index (χ3v) is 5.14. The zero-order chi connectivity index (χ0) is 23.9. The van der Waals surface area contributed by atoms with Crippen molar-refractivity contribution in [3.63, 3.8) is 0 Å². The largest absolute Gasteiger partial charge is 0.497 e. The number of rotatable bonds is 8. The van der Waals surface area contributed by atoms with Crippen LogP contribution in [0.1, 0.15) is 15.9 Å². The molecule has 34 heavy (non-hydrogen) atoms. The first-order valence-corrected chi connectivity index (χ1v) is 10.5. The fourth-order valence-electron chi connectivity index (χ4n) is 3.34. The Labute approximate surface area is 196 Å². The zero-order valence-electron chi connectivity index (χ0n) is 18.7. The molecule has 0 aliphatic heterocycles. The number of nitrogens with zero attached hydrogens (tertiary/aromatic N) is 2. The van der Waals surface area contributed by atoms with Crippen LogP contribution in [0, 0.1) is 5.82 Å². The lowest BCUT2D eigenvalue weighted by Crippen LogP contribution is -2.23. The molecule has 0 unspecified atom stereocenters. The van der Waals surface area contributed by atoms with Gasteiger partial charge >= 0.3 is 0 Å². The van der Waals surface area contributed by atoms with Crippen LogP contribution < -0.4 is 20.1 Å². The summed E-state index contributed by atoms with van der Waals surface area (Å²) in [6.45, 7) is 0.306. The number of benzene rings is 3. The molecule has 8 heteroatoms. The molecule has 2 N–H and O–H groups in total. The van der Waals surface area contributed by atoms with Gasteiger partial charge in [-0.3, -0.25) is 4.79 Å². The minimum atomic E-state index is -0.304. The van der Waals surface area contributed by atoms with Gasteiger partial charge in [-0.25, -0.2) is 4.39 Å². The number of carbonyl (C=O) groups excluding carboxylic acids is 1. The summed E-state index contributed by atoms with van der Waals surface area (Å²) in [5, 5.41) is 14.4. The third-order valence-electron chi connectivity index (χ3n) is 5.14. The van der Waals surface area contributed by atoms with Crippen LogP contribution in [-0.4, -0.2) is 30.3 Å². The summed E-state index contributed by atoms with van der Waals surface area (Å²) >= 11 is 0. The van der Waals surface area contributed by atoms with Crippen LogP contribution in [0.2, 0.25) is 0 Å². The molecule has 3 aromatic carbocycles. The normalized spacial score (nSPS) is 10.4. The van der Waals surface area contributed by atoms with Gasteiger partial charge in [-0.05, 0) is 66.7 Å². The van der Waals surface area contributed by atoms with E-state index in [0.29, 0.717) is 40.8 Å². The molecule has 0 aliphatic carbocycles. The van der Waals surface area contributed by atoms with Crippen molar-refractivity contribution >= 4 is 17.4 Å². The first-order valence-electron chi connectivity index (χ1n) is 10.5. The van der Waals surface area contributed by atoms with E-state index in [9.17, 15) is 9.18 Å². The SMILES string of the molecule is COc1ccc(CNC(=O)c2cccc(Nc3ccc(-c4ccc(F)cc4)nn3)c2)c(OC)c1. The molecule has 1 amide bonds. The molecule has 7 nitrogen and oxygen atoms in total. The lowest BCUT2D eigenvalue weighted by atomic mass is 10.1. The van der Waals surface area contributed by atoms with E-state index in [4.69, 9.17) is 9.47 Å². The molecular weight excluding hydrogens is 435 g/mol. The third kappa shape index (κ3) is 5.47. The molecule has 0 atom stereocenters. The predicted molar refractivity (Wildman–Crippen MR) is 128 cm³/mol. The Hall–Kier alpha value is -4.46. The molecule has 0 fully saturated rings. The summed E-state index contributed by atoms with van der Waals surface area (Å²) in [4.78, 5) is 12.7. The lowest BCUT2D eigenvalue weighted by Gasteiger charge is -2.12. The summed E-state index contributed by atoms with van der Waals surface area (Å²) in [5.41, 5.74) is 3.43.